The molecule has 1 saturated heterocycles. The van der Waals surface area contributed by atoms with E-state index in [-0.39, 0.29) is 17.4 Å². The second-order valence-corrected chi connectivity index (χ2v) is 7.64. The normalized spacial score (nSPS) is 16.1. The highest BCUT2D eigenvalue weighted by Crippen LogP contribution is 2.30. The van der Waals surface area contributed by atoms with Crippen molar-refractivity contribution in [1.29, 1.82) is 0 Å². The van der Waals surface area contributed by atoms with Crippen LogP contribution < -0.4 is 5.32 Å². The minimum Gasteiger partial charge on any atom is -0.478 e. The zero-order valence-electron chi connectivity index (χ0n) is 14.8. The van der Waals surface area contributed by atoms with Crippen molar-refractivity contribution in [1.82, 2.24) is 9.88 Å². The van der Waals surface area contributed by atoms with Gasteiger partial charge >= 0.3 is 12.1 Å². The van der Waals surface area contributed by atoms with E-state index in [0.29, 0.717) is 18.9 Å². The minimum atomic E-state index is -4.62. The van der Waals surface area contributed by atoms with Crippen LogP contribution in [0.4, 0.5) is 19.0 Å². The van der Waals surface area contributed by atoms with Crippen LogP contribution in [0.15, 0.2) is 40.9 Å². The molecule has 0 atom stereocenters. The summed E-state index contributed by atoms with van der Waals surface area (Å²) < 4.78 is 39.8. The second-order valence-electron chi connectivity index (χ2n) is 6.72. The fraction of sp³-hybridized carbons (Fsp3) is 0.368. The zero-order chi connectivity index (χ0) is 20.3. The first-order chi connectivity index (χ1) is 13.2. The molecule has 0 spiro atoms. The number of piperidine rings is 1. The number of benzene rings is 1. The first-order valence-electron chi connectivity index (χ1n) is 8.77. The summed E-state index contributed by atoms with van der Waals surface area (Å²) in [7, 11) is 0. The van der Waals surface area contributed by atoms with Crippen molar-refractivity contribution in [2.45, 2.75) is 31.6 Å². The van der Waals surface area contributed by atoms with E-state index in [0.717, 1.165) is 30.2 Å². The maximum Gasteiger partial charge on any atom is 0.433 e. The van der Waals surface area contributed by atoms with E-state index >= 15 is 0 Å². The number of aromatic nitrogens is 1. The van der Waals surface area contributed by atoms with Crippen molar-refractivity contribution >= 4 is 27.7 Å². The third kappa shape index (κ3) is 5.23. The Hall–Kier alpha value is -2.13. The number of rotatable bonds is 5. The Morgan fingerprint density at radius 1 is 1.25 bits per heavy atom. The van der Waals surface area contributed by atoms with Crippen LogP contribution in [-0.2, 0) is 12.7 Å². The summed E-state index contributed by atoms with van der Waals surface area (Å²) in [6.07, 6.45) is -3.25. The highest BCUT2D eigenvalue weighted by Gasteiger charge is 2.34. The molecular weight excluding hydrogens is 439 g/mol. The van der Waals surface area contributed by atoms with E-state index in [9.17, 15) is 23.1 Å². The van der Waals surface area contributed by atoms with Gasteiger partial charge in [-0.25, -0.2) is 9.78 Å². The number of nitrogens with one attached hydrogen (secondary N) is 1. The number of carboxylic acid groups (broad SMARTS) is 1. The summed E-state index contributed by atoms with van der Waals surface area (Å²) in [5.74, 6) is -1.54. The summed E-state index contributed by atoms with van der Waals surface area (Å²) in [4.78, 5) is 17.1. The summed E-state index contributed by atoms with van der Waals surface area (Å²) in [6.45, 7) is 2.30. The number of carbonyl (C=O) groups is 1. The van der Waals surface area contributed by atoms with Gasteiger partial charge < -0.3 is 10.4 Å². The van der Waals surface area contributed by atoms with Gasteiger partial charge in [0.05, 0.1) is 0 Å². The van der Waals surface area contributed by atoms with Crippen LogP contribution in [0.3, 0.4) is 0 Å². The molecule has 0 radical (unpaired) electrons. The number of anilines is 1. The van der Waals surface area contributed by atoms with Gasteiger partial charge in [0.2, 0.25) is 0 Å². The topological polar surface area (TPSA) is 65.5 Å². The molecule has 5 nitrogen and oxygen atoms in total. The molecule has 2 aromatic rings. The van der Waals surface area contributed by atoms with Gasteiger partial charge in [-0.3, -0.25) is 4.90 Å². The van der Waals surface area contributed by atoms with Crippen molar-refractivity contribution < 1.29 is 23.1 Å². The number of alkyl halides is 3. The maximum atomic E-state index is 12.9. The Morgan fingerprint density at radius 2 is 1.96 bits per heavy atom. The van der Waals surface area contributed by atoms with Gasteiger partial charge in [0.1, 0.15) is 17.1 Å². The number of nitrogens with zero attached hydrogens (tertiary/aromatic N) is 2. The zero-order valence-corrected chi connectivity index (χ0v) is 16.4. The average molecular weight is 458 g/mol. The van der Waals surface area contributed by atoms with Gasteiger partial charge in [0, 0.05) is 30.1 Å². The van der Waals surface area contributed by atoms with Crippen LogP contribution in [0.1, 0.15) is 34.5 Å². The van der Waals surface area contributed by atoms with Crippen molar-refractivity contribution in [2.75, 3.05) is 18.4 Å². The van der Waals surface area contributed by atoms with Crippen LogP contribution >= 0.6 is 15.9 Å². The SMILES string of the molecule is O=C(O)c1ccc(C(F)(F)F)nc1NC1CCN(Cc2cccc(Br)c2)CC1. The summed E-state index contributed by atoms with van der Waals surface area (Å²) in [5.41, 5.74) is -0.190. The Bertz CT molecular complexity index is 853. The molecule has 3 rings (SSSR count). The first-order valence-corrected chi connectivity index (χ1v) is 9.56. The molecule has 2 N–H and O–H groups in total. The van der Waals surface area contributed by atoms with E-state index in [4.69, 9.17) is 0 Å². The third-order valence-corrected chi connectivity index (χ3v) is 5.13. The van der Waals surface area contributed by atoms with E-state index in [1.807, 2.05) is 18.2 Å². The Morgan fingerprint density at radius 3 is 2.57 bits per heavy atom. The van der Waals surface area contributed by atoms with E-state index < -0.39 is 17.8 Å². The standard InChI is InChI=1S/C19H19BrF3N3O2/c20-13-3-1-2-12(10-13)11-26-8-6-14(7-9-26)24-17-15(18(27)28)4-5-16(25-17)19(21,22)23/h1-5,10,14H,6-9,11H2,(H,24,25)(H,27,28). The van der Waals surface area contributed by atoms with Crippen LogP contribution in [0, 0.1) is 0 Å². The smallest absolute Gasteiger partial charge is 0.433 e. The summed E-state index contributed by atoms with van der Waals surface area (Å²) in [5, 5.41) is 12.2. The lowest BCUT2D eigenvalue weighted by atomic mass is 10.0. The second kappa shape index (κ2) is 8.48. The van der Waals surface area contributed by atoms with Crippen molar-refractivity contribution in [3.8, 4) is 0 Å². The molecule has 0 saturated carbocycles. The third-order valence-electron chi connectivity index (χ3n) is 4.64. The lowest BCUT2D eigenvalue weighted by Crippen LogP contribution is -2.39. The number of halogens is 4. The highest BCUT2D eigenvalue weighted by molar-refractivity contribution is 9.10. The van der Waals surface area contributed by atoms with Gasteiger partial charge in [-0.05, 0) is 42.7 Å². The monoisotopic (exact) mass is 457 g/mol. The lowest BCUT2D eigenvalue weighted by Gasteiger charge is -2.33. The molecule has 2 heterocycles. The predicted molar refractivity (Wildman–Crippen MR) is 102 cm³/mol. The van der Waals surface area contributed by atoms with E-state index in [2.05, 4.69) is 37.2 Å². The highest BCUT2D eigenvalue weighted by atomic mass is 79.9. The van der Waals surface area contributed by atoms with Gasteiger partial charge in [-0.2, -0.15) is 13.2 Å². The predicted octanol–water partition coefficient (Wildman–Crippen LogP) is 4.64. The molecule has 28 heavy (non-hydrogen) atoms. The molecule has 150 valence electrons. The summed E-state index contributed by atoms with van der Waals surface area (Å²) >= 11 is 3.45. The number of pyridine rings is 1. The maximum absolute atomic E-state index is 12.9. The van der Waals surface area contributed by atoms with Crippen LogP contribution in [-0.4, -0.2) is 40.1 Å². The number of hydrogen-bond acceptors (Lipinski definition) is 4. The summed E-state index contributed by atoms with van der Waals surface area (Å²) in [6, 6.07) is 9.53. The molecule has 1 fully saturated rings. The number of likely N-dealkylation sites (tertiary alicyclic amines) is 1. The number of hydrogen-bond donors (Lipinski definition) is 2. The molecule has 0 aliphatic carbocycles. The molecule has 0 bridgehead atoms. The molecule has 0 amide bonds. The number of aromatic carboxylic acids is 1. The van der Waals surface area contributed by atoms with Crippen molar-refractivity contribution in [2.24, 2.45) is 0 Å². The van der Waals surface area contributed by atoms with Crippen molar-refractivity contribution in [3.63, 3.8) is 0 Å². The van der Waals surface area contributed by atoms with Gasteiger partial charge in [0.25, 0.3) is 0 Å². The van der Waals surface area contributed by atoms with Crippen LogP contribution in [0.2, 0.25) is 0 Å². The Kier molecular flexibility index (Phi) is 6.24. The minimum absolute atomic E-state index is 0.132. The van der Waals surface area contributed by atoms with Crippen molar-refractivity contribution in [3.05, 3.63) is 57.7 Å². The quantitative estimate of drug-likeness (QED) is 0.684. The number of carboxylic acids is 1. The van der Waals surface area contributed by atoms with E-state index in [1.54, 1.807) is 0 Å². The lowest BCUT2D eigenvalue weighted by molar-refractivity contribution is -0.141. The average Bonchev–Trinajstić information content (AvgIpc) is 2.62. The first kappa shape index (κ1) is 20.6. The molecule has 1 aromatic heterocycles. The van der Waals surface area contributed by atoms with E-state index in [1.165, 1.54) is 5.56 Å². The molecule has 1 aromatic carbocycles. The van der Waals surface area contributed by atoms with Gasteiger partial charge in [-0.15, -0.1) is 0 Å². The van der Waals surface area contributed by atoms with Crippen LogP contribution in [0.25, 0.3) is 0 Å². The fourth-order valence-corrected chi connectivity index (χ4v) is 3.67. The molecule has 1 aliphatic heterocycles. The molecular formula is C19H19BrF3N3O2. The molecule has 1 aliphatic rings. The largest absolute Gasteiger partial charge is 0.478 e. The molecule has 9 heteroatoms. The Balaban J connectivity index is 1.64. The fourth-order valence-electron chi connectivity index (χ4n) is 3.22. The Labute approximate surface area is 168 Å². The molecule has 0 unspecified atom stereocenters. The van der Waals surface area contributed by atoms with Gasteiger partial charge in [-0.1, -0.05) is 28.1 Å². The van der Waals surface area contributed by atoms with Crippen LogP contribution in [0.5, 0.6) is 0 Å². The van der Waals surface area contributed by atoms with Gasteiger partial charge in [0.15, 0.2) is 0 Å².